The smallest absolute Gasteiger partial charge is 0.221 e. The lowest BCUT2D eigenvalue weighted by Crippen LogP contribution is -2.42. The lowest BCUT2D eigenvalue weighted by Gasteiger charge is -2.32. The second-order valence-electron chi connectivity index (χ2n) is 4.26. The second kappa shape index (κ2) is 5.56. The molecule has 4 heteroatoms. The van der Waals surface area contributed by atoms with Crippen LogP contribution in [0.2, 0.25) is 0 Å². The Hall–Kier alpha value is -0.280. The molecule has 2 atom stereocenters. The average Bonchev–Trinajstić information content (AvgIpc) is 2.18. The molecule has 0 aromatic rings. The van der Waals surface area contributed by atoms with Crippen LogP contribution in [0.5, 0.6) is 0 Å². The number of hydrogen-bond donors (Lipinski definition) is 1. The molecule has 3 nitrogen and oxygen atoms in total. The van der Waals surface area contributed by atoms with E-state index < -0.39 is 0 Å². The number of nitrogens with zero attached hydrogens (tertiary/aromatic N) is 1. The van der Waals surface area contributed by atoms with Crippen LogP contribution in [0.3, 0.4) is 0 Å². The summed E-state index contributed by atoms with van der Waals surface area (Å²) in [5.41, 5.74) is 5.30. The topological polar surface area (TPSA) is 46.3 Å². The molecule has 1 fully saturated rings. The number of carbonyl (C=O) groups excluding carboxylic acids is 1. The van der Waals surface area contributed by atoms with Crippen molar-refractivity contribution in [1.82, 2.24) is 4.90 Å². The van der Waals surface area contributed by atoms with Crippen LogP contribution in [0.4, 0.5) is 0 Å². The number of carbonyl (C=O) groups is 1. The average molecular weight is 219 g/mol. The van der Waals surface area contributed by atoms with Crippen molar-refractivity contribution in [1.29, 1.82) is 0 Å². The SMILES string of the molecule is CC(CCl)CN1CCCC(C(N)=O)C1. The van der Waals surface area contributed by atoms with E-state index in [1.807, 2.05) is 0 Å². The minimum Gasteiger partial charge on any atom is -0.369 e. The van der Waals surface area contributed by atoms with Crippen LogP contribution in [-0.4, -0.2) is 36.3 Å². The molecule has 2 unspecified atom stereocenters. The van der Waals surface area contributed by atoms with Crippen molar-refractivity contribution < 1.29 is 4.79 Å². The molecule has 14 heavy (non-hydrogen) atoms. The second-order valence-corrected chi connectivity index (χ2v) is 4.57. The molecule has 2 N–H and O–H groups in total. The molecule has 1 rings (SSSR count). The maximum atomic E-state index is 11.0. The molecular weight excluding hydrogens is 200 g/mol. The predicted molar refractivity (Wildman–Crippen MR) is 58.2 cm³/mol. The Labute approximate surface area is 90.6 Å². The largest absolute Gasteiger partial charge is 0.369 e. The van der Waals surface area contributed by atoms with Crippen molar-refractivity contribution in [2.75, 3.05) is 25.5 Å². The van der Waals surface area contributed by atoms with E-state index in [-0.39, 0.29) is 11.8 Å². The van der Waals surface area contributed by atoms with E-state index in [1.54, 1.807) is 0 Å². The third-order valence-electron chi connectivity index (χ3n) is 2.74. The first-order valence-corrected chi connectivity index (χ1v) is 5.74. The summed E-state index contributed by atoms with van der Waals surface area (Å²) in [7, 11) is 0. The standard InChI is InChI=1S/C10H19ClN2O/c1-8(5-11)6-13-4-2-3-9(7-13)10(12)14/h8-9H,2-7H2,1H3,(H2,12,14). The fourth-order valence-electron chi connectivity index (χ4n) is 1.94. The van der Waals surface area contributed by atoms with Crippen LogP contribution in [0.1, 0.15) is 19.8 Å². The monoisotopic (exact) mass is 218 g/mol. The van der Waals surface area contributed by atoms with Gasteiger partial charge in [0.25, 0.3) is 0 Å². The summed E-state index contributed by atoms with van der Waals surface area (Å²) in [4.78, 5) is 13.3. The number of alkyl halides is 1. The molecule has 0 bridgehead atoms. The quantitative estimate of drug-likeness (QED) is 0.718. The Bertz CT molecular complexity index is 199. The fourth-order valence-corrected chi connectivity index (χ4v) is 2.04. The highest BCUT2D eigenvalue weighted by Gasteiger charge is 2.24. The van der Waals surface area contributed by atoms with Crippen LogP contribution < -0.4 is 5.73 Å². The number of hydrogen-bond acceptors (Lipinski definition) is 2. The molecule has 1 aliphatic rings. The van der Waals surface area contributed by atoms with E-state index in [4.69, 9.17) is 17.3 Å². The zero-order chi connectivity index (χ0) is 10.6. The molecule has 1 saturated heterocycles. The molecule has 0 radical (unpaired) electrons. The summed E-state index contributed by atoms with van der Waals surface area (Å²) in [5, 5.41) is 0. The first kappa shape index (κ1) is 11.8. The molecule has 0 aromatic carbocycles. The molecule has 0 aromatic heterocycles. The van der Waals surface area contributed by atoms with Gasteiger partial charge in [-0.2, -0.15) is 0 Å². The minimum absolute atomic E-state index is 0.0475. The highest BCUT2D eigenvalue weighted by atomic mass is 35.5. The zero-order valence-corrected chi connectivity index (χ0v) is 9.46. The molecule has 1 heterocycles. The maximum Gasteiger partial charge on any atom is 0.221 e. The van der Waals surface area contributed by atoms with E-state index in [0.29, 0.717) is 11.8 Å². The summed E-state index contributed by atoms with van der Waals surface area (Å²) < 4.78 is 0. The number of likely N-dealkylation sites (tertiary alicyclic amines) is 1. The number of nitrogens with two attached hydrogens (primary N) is 1. The predicted octanol–water partition coefficient (Wildman–Crippen LogP) is 1.06. The Morgan fingerprint density at radius 1 is 1.71 bits per heavy atom. The summed E-state index contributed by atoms with van der Waals surface area (Å²) in [6.07, 6.45) is 2.02. The van der Waals surface area contributed by atoms with Gasteiger partial charge in [0, 0.05) is 19.0 Å². The van der Waals surface area contributed by atoms with Gasteiger partial charge < -0.3 is 10.6 Å². The van der Waals surface area contributed by atoms with Crippen LogP contribution in [0.15, 0.2) is 0 Å². The van der Waals surface area contributed by atoms with Crippen molar-refractivity contribution >= 4 is 17.5 Å². The molecular formula is C10H19ClN2O. The number of amides is 1. The van der Waals surface area contributed by atoms with E-state index in [9.17, 15) is 4.79 Å². The van der Waals surface area contributed by atoms with Gasteiger partial charge in [-0.05, 0) is 25.3 Å². The van der Waals surface area contributed by atoms with Crippen molar-refractivity contribution in [2.24, 2.45) is 17.6 Å². The van der Waals surface area contributed by atoms with Gasteiger partial charge in [-0.3, -0.25) is 4.79 Å². The lowest BCUT2D eigenvalue weighted by atomic mass is 9.97. The number of piperidine rings is 1. The molecule has 0 saturated carbocycles. The third-order valence-corrected chi connectivity index (χ3v) is 3.27. The Kier molecular flexibility index (Phi) is 4.69. The van der Waals surface area contributed by atoms with E-state index >= 15 is 0 Å². The fraction of sp³-hybridized carbons (Fsp3) is 0.900. The summed E-state index contributed by atoms with van der Waals surface area (Å²) in [6, 6.07) is 0. The van der Waals surface area contributed by atoms with Gasteiger partial charge in [0.2, 0.25) is 5.91 Å². The highest BCUT2D eigenvalue weighted by Crippen LogP contribution is 2.17. The van der Waals surface area contributed by atoms with Crippen molar-refractivity contribution in [3.63, 3.8) is 0 Å². The van der Waals surface area contributed by atoms with Gasteiger partial charge in [-0.1, -0.05) is 6.92 Å². The zero-order valence-electron chi connectivity index (χ0n) is 8.71. The van der Waals surface area contributed by atoms with Gasteiger partial charge in [-0.15, -0.1) is 11.6 Å². The maximum absolute atomic E-state index is 11.0. The van der Waals surface area contributed by atoms with Crippen LogP contribution in [0, 0.1) is 11.8 Å². The van der Waals surface area contributed by atoms with E-state index in [0.717, 1.165) is 32.5 Å². The Morgan fingerprint density at radius 3 is 3.00 bits per heavy atom. The summed E-state index contributed by atoms with van der Waals surface area (Å²) >= 11 is 5.75. The van der Waals surface area contributed by atoms with Crippen molar-refractivity contribution in [2.45, 2.75) is 19.8 Å². The van der Waals surface area contributed by atoms with Gasteiger partial charge >= 0.3 is 0 Å². The van der Waals surface area contributed by atoms with Crippen molar-refractivity contribution in [3.8, 4) is 0 Å². The van der Waals surface area contributed by atoms with Gasteiger partial charge in [0.05, 0.1) is 5.92 Å². The minimum atomic E-state index is -0.159. The van der Waals surface area contributed by atoms with Gasteiger partial charge in [0.15, 0.2) is 0 Å². The van der Waals surface area contributed by atoms with Crippen LogP contribution >= 0.6 is 11.6 Å². The lowest BCUT2D eigenvalue weighted by molar-refractivity contribution is -0.123. The number of primary amides is 1. The van der Waals surface area contributed by atoms with Gasteiger partial charge in [-0.25, -0.2) is 0 Å². The molecule has 0 aliphatic carbocycles. The van der Waals surface area contributed by atoms with E-state index in [1.165, 1.54) is 0 Å². The van der Waals surface area contributed by atoms with Gasteiger partial charge in [0.1, 0.15) is 0 Å². The highest BCUT2D eigenvalue weighted by molar-refractivity contribution is 6.18. The molecule has 82 valence electrons. The Morgan fingerprint density at radius 2 is 2.43 bits per heavy atom. The van der Waals surface area contributed by atoms with Crippen LogP contribution in [-0.2, 0) is 4.79 Å². The van der Waals surface area contributed by atoms with Crippen molar-refractivity contribution in [3.05, 3.63) is 0 Å². The number of halogens is 1. The third kappa shape index (κ3) is 3.46. The molecule has 1 aliphatic heterocycles. The normalized spacial score (nSPS) is 26.0. The summed E-state index contributed by atoms with van der Waals surface area (Å²) in [5.74, 6) is 1.06. The first-order chi connectivity index (χ1) is 6.63. The first-order valence-electron chi connectivity index (χ1n) is 5.21. The van der Waals surface area contributed by atoms with E-state index in [2.05, 4.69) is 11.8 Å². The Balaban J connectivity index is 2.36. The van der Waals surface area contributed by atoms with Crippen LogP contribution in [0.25, 0.3) is 0 Å². The number of rotatable bonds is 4. The molecule has 1 amide bonds. The summed E-state index contributed by atoms with van der Waals surface area (Å²) in [6.45, 7) is 5.00. The molecule has 0 spiro atoms.